The predicted octanol–water partition coefficient (Wildman–Crippen LogP) is 5.14. The summed E-state index contributed by atoms with van der Waals surface area (Å²) in [5.41, 5.74) is 2.01. The van der Waals surface area contributed by atoms with Crippen LogP contribution in [0.1, 0.15) is 22.6 Å². The Morgan fingerprint density at radius 1 is 1.05 bits per heavy atom. The largest absolute Gasteiger partial charge is 0.493 e. The van der Waals surface area contributed by atoms with Crippen LogP contribution >= 0.6 is 39.9 Å². The minimum absolute atomic E-state index is 0.173. The number of carbonyl (C=O) groups excluding carboxylic acids is 2. The van der Waals surface area contributed by atoms with E-state index in [1.807, 2.05) is 78.7 Å². The number of amides is 2. The topological polar surface area (TPSA) is 71.1 Å². The summed E-state index contributed by atoms with van der Waals surface area (Å²) >= 11 is 10.8. The number of anilines is 1. The van der Waals surface area contributed by atoms with Gasteiger partial charge >= 0.3 is 0 Å². The van der Waals surface area contributed by atoms with E-state index in [0.29, 0.717) is 34.6 Å². The third-order valence-corrected chi connectivity index (χ3v) is 10.5. The SMILES string of the molecule is COc1ccc(C2CN(C)C3(C(=O)Nc4ccc(Br)cc43)C23SC(=S)N(Cc2ccccc2)C3=O)cc1OC. The first-order valence-corrected chi connectivity index (χ1v) is 14.4. The van der Waals surface area contributed by atoms with E-state index < -0.39 is 10.3 Å². The second kappa shape index (κ2) is 9.62. The highest BCUT2D eigenvalue weighted by molar-refractivity contribution is 9.10. The third-order valence-electron chi connectivity index (χ3n) is 8.03. The third kappa shape index (κ3) is 3.61. The first kappa shape index (κ1) is 26.3. The van der Waals surface area contributed by atoms with Gasteiger partial charge in [-0.2, -0.15) is 0 Å². The molecule has 0 radical (unpaired) electrons. The van der Waals surface area contributed by atoms with E-state index in [0.717, 1.165) is 21.2 Å². The first-order valence-electron chi connectivity index (χ1n) is 12.4. The van der Waals surface area contributed by atoms with Crippen LogP contribution < -0.4 is 14.8 Å². The number of benzene rings is 3. The Labute approximate surface area is 245 Å². The fourth-order valence-electron chi connectivity index (χ4n) is 6.36. The van der Waals surface area contributed by atoms with Gasteiger partial charge in [-0.25, -0.2) is 0 Å². The van der Waals surface area contributed by atoms with Crippen molar-refractivity contribution in [1.82, 2.24) is 9.80 Å². The molecule has 0 saturated carbocycles. The van der Waals surface area contributed by atoms with Crippen LogP contribution in [-0.4, -0.2) is 58.5 Å². The lowest BCUT2D eigenvalue weighted by Gasteiger charge is -2.41. The Balaban J connectivity index is 1.58. The number of ether oxygens (including phenoxy) is 2. The van der Waals surface area contributed by atoms with Crippen LogP contribution in [0.5, 0.6) is 11.5 Å². The van der Waals surface area contributed by atoms with E-state index in [1.165, 1.54) is 11.8 Å². The fraction of sp³-hybridized carbons (Fsp3) is 0.276. The molecule has 0 bridgehead atoms. The van der Waals surface area contributed by atoms with Crippen LogP contribution in [0.3, 0.4) is 0 Å². The quantitative estimate of drug-likeness (QED) is 0.395. The molecule has 10 heteroatoms. The number of methoxy groups -OCH3 is 2. The normalized spacial score (nSPS) is 26.0. The number of carbonyl (C=O) groups is 2. The van der Waals surface area contributed by atoms with Crippen molar-refractivity contribution in [1.29, 1.82) is 0 Å². The van der Waals surface area contributed by atoms with Gasteiger partial charge in [-0.3, -0.25) is 19.4 Å². The molecule has 3 aliphatic rings. The second-order valence-electron chi connectivity index (χ2n) is 9.88. The summed E-state index contributed by atoms with van der Waals surface area (Å²) in [5.74, 6) is 0.372. The fourth-order valence-corrected chi connectivity index (χ4v) is 8.86. The highest BCUT2D eigenvalue weighted by Crippen LogP contribution is 2.66. The van der Waals surface area contributed by atoms with Crippen molar-refractivity contribution in [2.75, 3.05) is 33.1 Å². The van der Waals surface area contributed by atoms with Crippen molar-refractivity contribution in [2.24, 2.45) is 0 Å². The molecule has 3 aliphatic heterocycles. The number of hydrogen-bond donors (Lipinski definition) is 1. The van der Waals surface area contributed by atoms with Gasteiger partial charge in [0.15, 0.2) is 17.0 Å². The lowest BCUT2D eigenvalue weighted by molar-refractivity contribution is -0.138. The first-order chi connectivity index (χ1) is 18.8. The van der Waals surface area contributed by atoms with Gasteiger partial charge in [-0.15, -0.1) is 0 Å². The Kier molecular flexibility index (Phi) is 6.49. The minimum atomic E-state index is -1.29. The number of likely N-dealkylation sites (N-methyl/N-ethyl adjacent to an activating group) is 1. The molecule has 3 aromatic carbocycles. The van der Waals surface area contributed by atoms with Gasteiger partial charge < -0.3 is 14.8 Å². The molecule has 200 valence electrons. The van der Waals surface area contributed by atoms with Crippen LogP contribution in [-0.2, 0) is 21.7 Å². The zero-order valence-electron chi connectivity index (χ0n) is 21.6. The summed E-state index contributed by atoms with van der Waals surface area (Å²) in [4.78, 5) is 32.8. The van der Waals surface area contributed by atoms with Crippen molar-refractivity contribution in [3.63, 3.8) is 0 Å². The molecule has 2 amide bonds. The summed E-state index contributed by atoms with van der Waals surface area (Å²) in [6, 6.07) is 21.2. The average molecular weight is 625 g/mol. The summed E-state index contributed by atoms with van der Waals surface area (Å²) < 4.78 is 11.1. The Morgan fingerprint density at radius 3 is 2.51 bits per heavy atom. The lowest BCUT2D eigenvalue weighted by atomic mass is 9.72. The van der Waals surface area contributed by atoms with Gasteiger partial charge in [-0.1, -0.05) is 76.3 Å². The van der Waals surface area contributed by atoms with Gasteiger partial charge in [0, 0.05) is 28.2 Å². The molecule has 6 rings (SSSR count). The van der Waals surface area contributed by atoms with Crippen molar-refractivity contribution in [2.45, 2.75) is 22.7 Å². The number of nitrogens with zero attached hydrogens (tertiary/aromatic N) is 2. The molecule has 3 heterocycles. The maximum atomic E-state index is 14.9. The Bertz CT molecular complexity index is 1520. The summed E-state index contributed by atoms with van der Waals surface area (Å²) in [6.07, 6.45) is 0. The van der Waals surface area contributed by atoms with Crippen LogP contribution in [0, 0.1) is 0 Å². The highest BCUT2D eigenvalue weighted by atomic mass is 79.9. The predicted molar refractivity (Wildman–Crippen MR) is 159 cm³/mol. The van der Waals surface area contributed by atoms with E-state index in [-0.39, 0.29) is 17.7 Å². The van der Waals surface area contributed by atoms with Gasteiger partial charge in [0.2, 0.25) is 5.91 Å². The summed E-state index contributed by atoms with van der Waals surface area (Å²) in [7, 11) is 5.09. The van der Waals surface area contributed by atoms with E-state index in [4.69, 9.17) is 21.7 Å². The van der Waals surface area contributed by atoms with Crippen molar-refractivity contribution >= 4 is 61.7 Å². The number of hydrogen-bond acceptors (Lipinski definition) is 7. The molecule has 7 nitrogen and oxygen atoms in total. The standard InChI is InChI=1S/C29H26BrN3O4S2/c1-32-16-21(18-9-12-23(36-2)24(13-18)37-3)29(28(32)20-14-19(30)10-11-22(20)31-25(28)34)26(35)33(27(38)39-29)15-17-7-5-4-6-8-17/h4-14,21H,15-16H2,1-3H3,(H,31,34). The molecular formula is C29H26BrN3O4S2. The molecule has 2 fully saturated rings. The number of fused-ring (bicyclic) bond motifs is 3. The number of thioether (sulfide) groups is 1. The minimum Gasteiger partial charge on any atom is -0.493 e. The van der Waals surface area contributed by atoms with Crippen molar-refractivity contribution < 1.29 is 19.1 Å². The monoisotopic (exact) mass is 623 g/mol. The molecule has 3 atom stereocenters. The lowest BCUT2D eigenvalue weighted by Crippen LogP contribution is -2.61. The van der Waals surface area contributed by atoms with E-state index in [2.05, 4.69) is 21.2 Å². The molecule has 0 aliphatic carbocycles. The van der Waals surface area contributed by atoms with E-state index in [9.17, 15) is 9.59 Å². The van der Waals surface area contributed by atoms with Gasteiger partial charge in [0.25, 0.3) is 5.91 Å². The number of rotatable bonds is 5. The molecule has 3 aromatic rings. The van der Waals surface area contributed by atoms with Crippen molar-refractivity contribution in [3.8, 4) is 11.5 Å². The van der Waals surface area contributed by atoms with Crippen LogP contribution in [0.25, 0.3) is 0 Å². The van der Waals surface area contributed by atoms with Crippen LogP contribution in [0.4, 0.5) is 5.69 Å². The van der Waals surface area contributed by atoms with Gasteiger partial charge in [0.1, 0.15) is 9.07 Å². The van der Waals surface area contributed by atoms with Crippen LogP contribution in [0.2, 0.25) is 0 Å². The Morgan fingerprint density at radius 2 is 1.79 bits per heavy atom. The molecule has 39 heavy (non-hydrogen) atoms. The molecule has 1 N–H and O–H groups in total. The number of likely N-dealkylation sites (tertiary alicyclic amines) is 1. The number of halogens is 1. The number of nitrogens with one attached hydrogen (secondary N) is 1. The zero-order valence-corrected chi connectivity index (χ0v) is 24.8. The molecule has 2 saturated heterocycles. The Hall–Kier alpha value is -2.92. The molecular weight excluding hydrogens is 598 g/mol. The van der Waals surface area contributed by atoms with Crippen molar-refractivity contribution in [3.05, 3.63) is 87.9 Å². The smallest absolute Gasteiger partial charge is 0.251 e. The van der Waals surface area contributed by atoms with E-state index >= 15 is 0 Å². The summed E-state index contributed by atoms with van der Waals surface area (Å²) in [6.45, 7) is 0.786. The molecule has 2 spiro atoms. The average Bonchev–Trinajstić information content (AvgIpc) is 3.48. The molecule has 3 unspecified atom stereocenters. The maximum absolute atomic E-state index is 14.9. The zero-order chi connectivity index (χ0) is 27.5. The van der Waals surface area contributed by atoms with E-state index in [1.54, 1.807) is 19.1 Å². The molecule has 0 aromatic heterocycles. The van der Waals surface area contributed by atoms with Crippen LogP contribution in [0.15, 0.2) is 71.2 Å². The summed E-state index contributed by atoms with van der Waals surface area (Å²) in [5, 5.41) is 3.08. The number of thiocarbonyl (C=S) groups is 1. The van der Waals surface area contributed by atoms with Gasteiger partial charge in [0.05, 0.1) is 20.8 Å². The second-order valence-corrected chi connectivity index (χ2v) is 12.7. The highest BCUT2D eigenvalue weighted by Gasteiger charge is 2.77. The maximum Gasteiger partial charge on any atom is 0.251 e. The van der Waals surface area contributed by atoms with Gasteiger partial charge in [-0.05, 0) is 48.5 Å².